The lowest BCUT2D eigenvalue weighted by Crippen LogP contribution is -2.07. The van der Waals surface area contributed by atoms with E-state index in [2.05, 4.69) is 15.2 Å². The smallest absolute Gasteiger partial charge is 0.339 e. The molecule has 6 nitrogen and oxygen atoms in total. The first-order valence-electron chi connectivity index (χ1n) is 9.98. The first-order valence-corrected chi connectivity index (χ1v) is 10.7. The predicted molar refractivity (Wildman–Crippen MR) is 126 cm³/mol. The van der Waals surface area contributed by atoms with Crippen molar-refractivity contribution in [3.63, 3.8) is 0 Å². The van der Waals surface area contributed by atoms with Gasteiger partial charge in [0.1, 0.15) is 0 Å². The Morgan fingerprint density at radius 3 is 2.45 bits per heavy atom. The highest BCUT2D eigenvalue weighted by atomic mass is 35.5. The lowest BCUT2D eigenvalue weighted by molar-refractivity contribution is 0.0441. The van der Waals surface area contributed by atoms with E-state index in [1.807, 2.05) is 54.6 Å². The molecular formula is C25H15Cl2N3O3. The van der Waals surface area contributed by atoms with Crippen molar-refractivity contribution >= 4 is 40.1 Å². The van der Waals surface area contributed by atoms with E-state index in [4.69, 9.17) is 32.4 Å². The van der Waals surface area contributed by atoms with E-state index in [1.165, 1.54) is 0 Å². The van der Waals surface area contributed by atoms with Gasteiger partial charge in [-0.2, -0.15) is 0 Å². The third-order valence-corrected chi connectivity index (χ3v) is 5.70. The van der Waals surface area contributed by atoms with Crippen molar-refractivity contribution in [2.24, 2.45) is 0 Å². The second-order valence-corrected chi connectivity index (χ2v) is 7.96. The molecule has 3 aromatic carbocycles. The monoisotopic (exact) mass is 475 g/mol. The summed E-state index contributed by atoms with van der Waals surface area (Å²) in [4.78, 5) is 17.7. The van der Waals surface area contributed by atoms with Crippen LogP contribution in [-0.2, 0) is 11.3 Å². The Morgan fingerprint density at radius 1 is 0.848 bits per heavy atom. The molecule has 2 aromatic heterocycles. The fraction of sp³-hybridized carbons (Fsp3) is 0.0400. The minimum absolute atomic E-state index is 0.155. The number of fused-ring (bicyclic) bond motifs is 1. The lowest BCUT2D eigenvalue weighted by atomic mass is 10.0. The van der Waals surface area contributed by atoms with Crippen molar-refractivity contribution in [1.82, 2.24) is 15.2 Å². The number of ether oxygens (including phenoxy) is 1. The standard InChI is InChI=1S/C25H15Cl2N3O3/c26-19-11-10-16(12-20(19)27)22-13-18(17-8-4-5-9-21(17)28-22)25(31)32-14-23-29-30-24(33-23)15-6-2-1-3-7-15/h1-13H,14H2. The molecule has 0 amide bonds. The number of halogens is 2. The summed E-state index contributed by atoms with van der Waals surface area (Å²) < 4.78 is 11.1. The maximum absolute atomic E-state index is 13.0. The van der Waals surface area contributed by atoms with Crippen molar-refractivity contribution in [3.8, 4) is 22.7 Å². The molecule has 33 heavy (non-hydrogen) atoms. The summed E-state index contributed by atoms with van der Waals surface area (Å²) in [6, 6.07) is 23.6. The molecule has 5 aromatic rings. The molecule has 0 unspecified atom stereocenters. The van der Waals surface area contributed by atoms with Crippen LogP contribution in [0.4, 0.5) is 0 Å². The number of carbonyl (C=O) groups is 1. The molecule has 5 rings (SSSR count). The van der Waals surface area contributed by atoms with Gasteiger partial charge in [-0.1, -0.05) is 65.7 Å². The molecule has 0 aliphatic rings. The van der Waals surface area contributed by atoms with Crippen LogP contribution in [0.3, 0.4) is 0 Å². The van der Waals surface area contributed by atoms with Gasteiger partial charge in [0.05, 0.1) is 26.8 Å². The van der Waals surface area contributed by atoms with E-state index in [9.17, 15) is 4.79 Å². The number of hydrogen-bond donors (Lipinski definition) is 0. The fourth-order valence-electron chi connectivity index (χ4n) is 3.36. The van der Waals surface area contributed by atoms with E-state index in [0.29, 0.717) is 38.1 Å². The van der Waals surface area contributed by atoms with Crippen LogP contribution in [-0.4, -0.2) is 21.2 Å². The highest BCUT2D eigenvalue weighted by molar-refractivity contribution is 6.42. The normalized spacial score (nSPS) is 11.0. The van der Waals surface area contributed by atoms with E-state index in [1.54, 1.807) is 24.3 Å². The summed E-state index contributed by atoms with van der Waals surface area (Å²) in [5, 5.41) is 9.50. The largest absolute Gasteiger partial charge is 0.452 e. The summed E-state index contributed by atoms with van der Waals surface area (Å²) in [6.45, 7) is -0.155. The Bertz CT molecular complexity index is 1470. The third-order valence-electron chi connectivity index (χ3n) is 4.97. The number of nitrogens with zero attached hydrogens (tertiary/aromatic N) is 3. The summed E-state index contributed by atoms with van der Waals surface area (Å²) in [6.07, 6.45) is 0. The Hall–Kier alpha value is -3.74. The summed E-state index contributed by atoms with van der Waals surface area (Å²) in [5.74, 6) is 0.0255. The minimum atomic E-state index is -0.533. The number of rotatable bonds is 5. The lowest BCUT2D eigenvalue weighted by Gasteiger charge is -2.10. The Balaban J connectivity index is 1.43. The number of esters is 1. The molecule has 0 bridgehead atoms. The molecule has 0 saturated carbocycles. The molecule has 0 N–H and O–H groups in total. The third kappa shape index (κ3) is 4.44. The predicted octanol–water partition coefficient (Wildman–Crippen LogP) is 6.62. The SMILES string of the molecule is O=C(OCc1nnc(-c2ccccc2)o1)c1cc(-c2ccc(Cl)c(Cl)c2)nc2ccccc12. The number of aromatic nitrogens is 3. The first-order chi connectivity index (χ1) is 16.1. The van der Waals surface area contributed by atoms with Gasteiger partial charge in [0.25, 0.3) is 5.89 Å². The quantitative estimate of drug-likeness (QED) is 0.266. The fourth-order valence-corrected chi connectivity index (χ4v) is 3.66. The molecule has 0 atom stereocenters. The Kier molecular flexibility index (Phi) is 5.77. The van der Waals surface area contributed by atoms with Gasteiger partial charge < -0.3 is 9.15 Å². The average Bonchev–Trinajstić information content (AvgIpc) is 3.33. The molecule has 0 spiro atoms. The van der Waals surface area contributed by atoms with Crippen LogP contribution in [0.2, 0.25) is 10.0 Å². The van der Waals surface area contributed by atoms with Crippen LogP contribution in [0.1, 0.15) is 16.2 Å². The molecule has 0 radical (unpaired) electrons. The van der Waals surface area contributed by atoms with Gasteiger partial charge in [-0.15, -0.1) is 10.2 Å². The van der Waals surface area contributed by atoms with Gasteiger partial charge in [0.15, 0.2) is 6.61 Å². The van der Waals surface area contributed by atoms with Crippen LogP contribution in [0, 0.1) is 0 Å². The Labute approximate surface area is 198 Å². The van der Waals surface area contributed by atoms with Crippen molar-refractivity contribution in [2.45, 2.75) is 6.61 Å². The van der Waals surface area contributed by atoms with Gasteiger partial charge >= 0.3 is 5.97 Å². The molecule has 8 heteroatoms. The van der Waals surface area contributed by atoms with Crippen molar-refractivity contribution in [1.29, 1.82) is 0 Å². The topological polar surface area (TPSA) is 78.1 Å². The Morgan fingerprint density at radius 2 is 1.64 bits per heavy atom. The van der Waals surface area contributed by atoms with E-state index in [0.717, 1.165) is 11.1 Å². The second-order valence-electron chi connectivity index (χ2n) is 7.14. The van der Waals surface area contributed by atoms with Crippen molar-refractivity contribution in [2.75, 3.05) is 0 Å². The summed E-state index contributed by atoms with van der Waals surface area (Å²) in [7, 11) is 0. The average molecular weight is 476 g/mol. The molecule has 0 aliphatic carbocycles. The zero-order valence-corrected chi connectivity index (χ0v) is 18.5. The van der Waals surface area contributed by atoms with Gasteiger partial charge in [-0.25, -0.2) is 9.78 Å². The van der Waals surface area contributed by atoms with Gasteiger partial charge in [-0.3, -0.25) is 0 Å². The van der Waals surface area contributed by atoms with Gasteiger partial charge in [0, 0.05) is 16.5 Å². The van der Waals surface area contributed by atoms with Crippen LogP contribution >= 0.6 is 23.2 Å². The second kappa shape index (κ2) is 9.02. The molecular weight excluding hydrogens is 461 g/mol. The zero-order chi connectivity index (χ0) is 22.8. The number of pyridine rings is 1. The highest BCUT2D eigenvalue weighted by Crippen LogP contribution is 2.30. The van der Waals surface area contributed by atoms with E-state index in [-0.39, 0.29) is 12.5 Å². The molecule has 0 fully saturated rings. The number of carbonyl (C=O) groups excluding carboxylic acids is 1. The number of para-hydroxylation sites is 1. The van der Waals surface area contributed by atoms with Crippen LogP contribution in [0.5, 0.6) is 0 Å². The number of hydrogen-bond acceptors (Lipinski definition) is 6. The van der Waals surface area contributed by atoms with E-state index >= 15 is 0 Å². The first kappa shape index (κ1) is 21.1. The maximum atomic E-state index is 13.0. The van der Waals surface area contributed by atoms with Crippen LogP contribution in [0.25, 0.3) is 33.6 Å². The zero-order valence-electron chi connectivity index (χ0n) is 17.0. The van der Waals surface area contributed by atoms with E-state index < -0.39 is 5.97 Å². The molecule has 162 valence electrons. The maximum Gasteiger partial charge on any atom is 0.339 e. The summed E-state index contributed by atoms with van der Waals surface area (Å²) in [5.41, 5.74) is 3.10. The van der Waals surface area contributed by atoms with Gasteiger partial charge in [-0.05, 0) is 36.4 Å². The summed E-state index contributed by atoms with van der Waals surface area (Å²) >= 11 is 12.2. The molecule has 2 heterocycles. The van der Waals surface area contributed by atoms with Crippen molar-refractivity contribution < 1.29 is 13.9 Å². The molecule has 0 aliphatic heterocycles. The number of benzene rings is 3. The minimum Gasteiger partial charge on any atom is -0.452 e. The van der Waals surface area contributed by atoms with Gasteiger partial charge in [0.2, 0.25) is 5.89 Å². The van der Waals surface area contributed by atoms with Crippen LogP contribution in [0.15, 0.2) is 83.3 Å². The molecule has 0 saturated heterocycles. The van der Waals surface area contributed by atoms with Crippen molar-refractivity contribution in [3.05, 3.63) is 100 Å². The van der Waals surface area contributed by atoms with Crippen LogP contribution < -0.4 is 0 Å². The highest BCUT2D eigenvalue weighted by Gasteiger charge is 2.17.